The van der Waals surface area contributed by atoms with Crippen LogP contribution in [-0.2, 0) is 0 Å². The van der Waals surface area contributed by atoms with Crippen LogP contribution < -0.4 is 5.32 Å². The summed E-state index contributed by atoms with van der Waals surface area (Å²) in [6.07, 6.45) is 1.11. The number of aliphatic hydroxyl groups is 1. The Hall–Kier alpha value is -0.120. The highest BCUT2D eigenvalue weighted by Gasteiger charge is 2.13. The van der Waals surface area contributed by atoms with E-state index < -0.39 is 0 Å². The molecule has 0 aliphatic carbocycles. The van der Waals surface area contributed by atoms with E-state index in [1.54, 1.807) is 0 Å². The van der Waals surface area contributed by atoms with Crippen molar-refractivity contribution in [1.82, 2.24) is 10.2 Å². The quantitative estimate of drug-likeness (QED) is 0.612. The summed E-state index contributed by atoms with van der Waals surface area (Å²) in [5.41, 5.74) is 0. The summed E-state index contributed by atoms with van der Waals surface area (Å²) in [7, 11) is 4.11. The largest absolute Gasteiger partial charge is 0.395 e. The summed E-state index contributed by atoms with van der Waals surface area (Å²) >= 11 is 0. The summed E-state index contributed by atoms with van der Waals surface area (Å²) in [5.74, 6) is 0.548. The predicted molar refractivity (Wildman–Crippen MR) is 56.9 cm³/mol. The van der Waals surface area contributed by atoms with Crippen LogP contribution >= 0.6 is 0 Å². The molecule has 0 spiro atoms. The fourth-order valence-electron chi connectivity index (χ4n) is 1.20. The third-order valence-electron chi connectivity index (χ3n) is 2.49. The van der Waals surface area contributed by atoms with Crippen LogP contribution in [0.5, 0.6) is 0 Å². The molecule has 0 aromatic carbocycles. The molecule has 0 saturated heterocycles. The van der Waals surface area contributed by atoms with Crippen LogP contribution in [-0.4, -0.2) is 49.8 Å². The first-order valence-corrected chi connectivity index (χ1v) is 5.10. The van der Waals surface area contributed by atoms with Gasteiger partial charge in [-0.15, -0.1) is 0 Å². The lowest BCUT2D eigenvalue weighted by Crippen LogP contribution is -2.41. The lowest BCUT2D eigenvalue weighted by molar-refractivity contribution is 0.199. The van der Waals surface area contributed by atoms with Crippen molar-refractivity contribution in [3.05, 3.63) is 0 Å². The van der Waals surface area contributed by atoms with Gasteiger partial charge in [0.25, 0.3) is 0 Å². The zero-order valence-corrected chi connectivity index (χ0v) is 9.38. The molecule has 0 aliphatic rings. The van der Waals surface area contributed by atoms with E-state index in [1.807, 2.05) is 0 Å². The third-order valence-corrected chi connectivity index (χ3v) is 2.49. The van der Waals surface area contributed by atoms with Crippen LogP contribution in [0.15, 0.2) is 0 Å². The highest BCUT2D eigenvalue weighted by molar-refractivity contribution is 4.71. The molecule has 2 atom stereocenters. The van der Waals surface area contributed by atoms with Crippen molar-refractivity contribution in [3.63, 3.8) is 0 Å². The van der Waals surface area contributed by atoms with Crippen LogP contribution in [0.4, 0.5) is 0 Å². The summed E-state index contributed by atoms with van der Waals surface area (Å²) in [6, 6.07) is 0.255. The van der Waals surface area contributed by atoms with Crippen LogP contribution in [0.1, 0.15) is 20.3 Å². The number of hydrogen-bond acceptors (Lipinski definition) is 3. The number of aliphatic hydroxyl groups excluding tert-OH is 1. The Morgan fingerprint density at radius 3 is 2.38 bits per heavy atom. The molecule has 3 nitrogen and oxygen atoms in total. The molecule has 0 aromatic heterocycles. The van der Waals surface area contributed by atoms with E-state index in [1.165, 1.54) is 0 Å². The minimum absolute atomic E-state index is 0.239. The average Bonchev–Trinajstić information content (AvgIpc) is 2.11. The monoisotopic (exact) mass is 188 g/mol. The van der Waals surface area contributed by atoms with E-state index in [2.05, 4.69) is 38.2 Å². The molecule has 0 radical (unpaired) electrons. The van der Waals surface area contributed by atoms with Gasteiger partial charge in [0.15, 0.2) is 0 Å². The maximum Gasteiger partial charge on any atom is 0.0587 e. The smallest absolute Gasteiger partial charge is 0.0587 e. The molecule has 80 valence electrons. The van der Waals surface area contributed by atoms with Gasteiger partial charge in [0.1, 0.15) is 0 Å². The number of likely N-dealkylation sites (N-methyl/N-ethyl adjacent to an activating group) is 1. The molecule has 0 heterocycles. The minimum Gasteiger partial charge on any atom is -0.395 e. The molecule has 0 aliphatic heterocycles. The Bertz CT molecular complexity index is 117. The summed E-state index contributed by atoms with van der Waals surface area (Å²) < 4.78 is 0. The van der Waals surface area contributed by atoms with Crippen LogP contribution in [0, 0.1) is 5.92 Å². The molecule has 0 bridgehead atoms. The van der Waals surface area contributed by atoms with E-state index in [-0.39, 0.29) is 12.6 Å². The number of rotatable bonds is 7. The standard InChI is InChI=1S/C10H24N2O/c1-5-9(2)10(8-13)11-6-7-12(3)4/h9-11,13H,5-8H2,1-4H3. The van der Waals surface area contributed by atoms with Gasteiger partial charge in [0.05, 0.1) is 6.61 Å². The fourth-order valence-corrected chi connectivity index (χ4v) is 1.20. The lowest BCUT2D eigenvalue weighted by Gasteiger charge is -2.23. The van der Waals surface area contributed by atoms with Gasteiger partial charge in [-0.3, -0.25) is 0 Å². The second-order valence-corrected chi connectivity index (χ2v) is 3.93. The Morgan fingerprint density at radius 1 is 1.38 bits per heavy atom. The summed E-state index contributed by atoms with van der Waals surface area (Å²) in [5, 5.41) is 12.5. The molecule has 0 rings (SSSR count). The second-order valence-electron chi connectivity index (χ2n) is 3.93. The molecule has 3 heteroatoms. The first kappa shape index (κ1) is 12.9. The van der Waals surface area contributed by atoms with Crippen molar-refractivity contribution >= 4 is 0 Å². The summed E-state index contributed by atoms with van der Waals surface area (Å²) in [6.45, 7) is 6.53. The van der Waals surface area contributed by atoms with Crippen molar-refractivity contribution in [1.29, 1.82) is 0 Å². The zero-order valence-electron chi connectivity index (χ0n) is 9.38. The predicted octanol–water partition coefficient (Wildman–Crippen LogP) is 0.545. The van der Waals surface area contributed by atoms with Crippen LogP contribution in [0.2, 0.25) is 0 Å². The first-order chi connectivity index (χ1) is 6.11. The Balaban J connectivity index is 3.59. The lowest BCUT2D eigenvalue weighted by atomic mass is 10.00. The van der Waals surface area contributed by atoms with Crippen LogP contribution in [0.25, 0.3) is 0 Å². The number of nitrogens with zero attached hydrogens (tertiary/aromatic N) is 1. The molecule has 0 saturated carbocycles. The normalized spacial score (nSPS) is 16.2. The van der Waals surface area contributed by atoms with E-state index >= 15 is 0 Å². The molecule has 13 heavy (non-hydrogen) atoms. The van der Waals surface area contributed by atoms with Crippen molar-refractivity contribution in [3.8, 4) is 0 Å². The first-order valence-electron chi connectivity index (χ1n) is 5.10. The molecule has 0 aromatic rings. The topological polar surface area (TPSA) is 35.5 Å². The van der Waals surface area contributed by atoms with Gasteiger partial charge in [-0.1, -0.05) is 20.3 Å². The van der Waals surface area contributed by atoms with Crippen molar-refractivity contribution < 1.29 is 5.11 Å². The van der Waals surface area contributed by atoms with Crippen molar-refractivity contribution in [2.45, 2.75) is 26.3 Å². The van der Waals surface area contributed by atoms with E-state index in [9.17, 15) is 0 Å². The van der Waals surface area contributed by atoms with E-state index in [4.69, 9.17) is 5.11 Å². The van der Waals surface area contributed by atoms with Gasteiger partial charge >= 0.3 is 0 Å². The maximum absolute atomic E-state index is 9.12. The highest BCUT2D eigenvalue weighted by Crippen LogP contribution is 2.06. The Labute approximate surface area is 82.1 Å². The zero-order chi connectivity index (χ0) is 10.3. The molecule has 2 unspecified atom stereocenters. The number of hydrogen-bond donors (Lipinski definition) is 2. The SMILES string of the molecule is CCC(C)C(CO)NCCN(C)C. The van der Waals surface area contributed by atoms with Crippen LogP contribution in [0.3, 0.4) is 0 Å². The molecule has 0 fully saturated rings. The highest BCUT2D eigenvalue weighted by atomic mass is 16.3. The summed E-state index contributed by atoms with van der Waals surface area (Å²) in [4.78, 5) is 2.14. The van der Waals surface area contributed by atoms with Gasteiger partial charge in [-0.25, -0.2) is 0 Å². The third kappa shape index (κ3) is 6.02. The molecular weight excluding hydrogens is 164 g/mol. The van der Waals surface area contributed by atoms with Gasteiger partial charge in [-0.05, 0) is 20.0 Å². The average molecular weight is 188 g/mol. The van der Waals surface area contributed by atoms with Gasteiger partial charge in [0.2, 0.25) is 0 Å². The number of nitrogens with one attached hydrogen (secondary N) is 1. The molecule has 2 N–H and O–H groups in total. The minimum atomic E-state index is 0.239. The maximum atomic E-state index is 9.12. The van der Waals surface area contributed by atoms with Gasteiger partial charge in [0, 0.05) is 19.1 Å². The second kappa shape index (κ2) is 7.30. The van der Waals surface area contributed by atoms with E-state index in [0.717, 1.165) is 19.5 Å². The van der Waals surface area contributed by atoms with Gasteiger partial charge in [-0.2, -0.15) is 0 Å². The van der Waals surface area contributed by atoms with Crippen molar-refractivity contribution in [2.24, 2.45) is 5.92 Å². The molecule has 0 amide bonds. The van der Waals surface area contributed by atoms with E-state index in [0.29, 0.717) is 5.92 Å². The molecular formula is C10H24N2O. The Morgan fingerprint density at radius 2 is 2.00 bits per heavy atom. The Kier molecular flexibility index (Phi) is 7.23. The van der Waals surface area contributed by atoms with Gasteiger partial charge < -0.3 is 15.3 Å². The van der Waals surface area contributed by atoms with Crippen molar-refractivity contribution in [2.75, 3.05) is 33.8 Å². The fraction of sp³-hybridized carbons (Fsp3) is 1.00.